The van der Waals surface area contributed by atoms with Crippen molar-refractivity contribution in [2.45, 2.75) is 5.92 Å². The predicted molar refractivity (Wildman–Crippen MR) is 84.9 cm³/mol. The Bertz CT molecular complexity index is 826. The third-order valence-electron chi connectivity index (χ3n) is 4.05. The third-order valence-corrected chi connectivity index (χ3v) is 4.99. The van der Waals surface area contributed by atoms with Gasteiger partial charge in [0.05, 0.1) is 11.1 Å². The van der Waals surface area contributed by atoms with Gasteiger partial charge in [-0.25, -0.2) is 0 Å². The Labute approximate surface area is 131 Å². The number of hydrogen-bond donors (Lipinski definition) is 2. The van der Waals surface area contributed by atoms with Crippen molar-refractivity contribution in [3.05, 3.63) is 81.0 Å². The van der Waals surface area contributed by atoms with Crippen LogP contribution in [0.1, 0.15) is 37.8 Å². The van der Waals surface area contributed by atoms with Crippen molar-refractivity contribution < 1.29 is 15.0 Å². The molecule has 0 fully saturated rings. The maximum atomic E-state index is 12.7. The molecule has 0 radical (unpaired) electrons. The molecule has 2 N–H and O–H groups in total. The van der Waals surface area contributed by atoms with Crippen LogP contribution in [0.15, 0.2) is 53.9 Å². The minimum atomic E-state index is -0.325. The Morgan fingerprint density at radius 2 is 1.41 bits per heavy atom. The molecule has 0 amide bonds. The molecule has 1 aliphatic rings. The van der Waals surface area contributed by atoms with Gasteiger partial charge in [0.2, 0.25) is 5.78 Å². The van der Waals surface area contributed by atoms with Gasteiger partial charge in [-0.2, -0.15) is 0 Å². The normalized spacial score (nSPS) is 13.7. The zero-order valence-electron chi connectivity index (χ0n) is 11.5. The first-order valence-electron chi connectivity index (χ1n) is 6.90. The number of aromatic hydroxyl groups is 2. The molecule has 22 heavy (non-hydrogen) atoms. The lowest BCUT2D eigenvalue weighted by atomic mass is 9.76. The van der Waals surface area contributed by atoms with Crippen LogP contribution < -0.4 is 0 Å². The van der Waals surface area contributed by atoms with E-state index < -0.39 is 0 Å². The summed E-state index contributed by atoms with van der Waals surface area (Å²) in [6.07, 6.45) is 0. The molecule has 4 rings (SSSR count). The molecule has 1 aliphatic carbocycles. The standard InChI is InChI=1S/C18H12O3S/c19-12-6-1-4-10-15(14-8-3-9-22-14)11-5-2-7-13(20)17(11)18(21)16(10)12/h1-9,15,19-20H. The summed E-state index contributed by atoms with van der Waals surface area (Å²) in [5, 5.41) is 22.3. The lowest BCUT2D eigenvalue weighted by molar-refractivity contribution is 0.102. The molecule has 4 heteroatoms. The van der Waals surface area contributed by atoms with Crippen LogP contribution in [0.2, 0.25) is 0 Å². The molecule has 0 saturated carbocycles. The van der Waals surface area contributed by atoms with E-state index in [0.29, 0.717) is 0 Å². The first-order chi connectivity index (χ1) is 10.7. The summed E-state index contributed by atoms with van der Waals surface area (Å²) in [6, 6.07) is 14.2. The summed E-state index contributed by atoms with van der Waals surface area (Å²) in [7, 11) is 0. The fourth-order valence-electron chi connectivity index (χ4n) is 3.15. The molecule has 2 aromatic carbocycles. The molecule has 1 aromatic heterocycles. The van der Waals surface area contributed by atoms with Crippen LogP contribution in [0.4, 0.5) is 0 Å². The number of carbonyl (C=O) groups excluding carboxylic acids is 1. The molecule has 0 bridgehead atoms. The number of phenolic OH excluding ortho intramolecular Hbond substituents is 2. The van der Waals surface area contributed by atoms with Crippen molar-refractivity contribution >= 4 is 17.1 Å². The molecular weight excluding hydrogens is 296 g/mol. The summed E-state index contributed by atoms with van der Waals surface area (Å²) >= 11 is 1.60. The van der Waals surface area contributed by atoms with E-state index in [4.69, 9.17) is 0 Å². The summed E-state index contributed by atoms with van der Waals surface area (Å²) in [6.45, 7) is 0. The van der Waals surface area contributed by atoms with Crippen LogP contribution in [0.3, 0.4) is 0 Å². The van der Waals surface area contributed by atoms with E-state index in [-0.39, 0.29) is 34.3 Å². The highest BCUT2D eigenvalue weighted by molar-refractivity contribution is 7.10. The minimum Gasteiger partial charge on any atom is -0.507 e. The molecule has 0 aliphatic heterocycles. The monoisotopic (exact) mass is 308 g/mol. The van der Waals surface area contributed by atoms with Gasteiger partial charge in [-0.1, -0.05) is 30.3 Å². The zero-order chi connectivity index (χ0) is 15.3. The lowest BCUT2D eigenvalue weighted by Gasteiger charge is -2.27. The molecule has 3 aromatic rings. The quantitative estimate of drug-likeness (QED) is 0.561. The zero-order valence-corrected chi connectivity index (χ0v) is 12.3. The molecular formula is C18H12O3S. The number of benzene rings is 2. The number of carbonyl (C=O) groups is 1. The van der Waals surface area contributed by atoms with Crippen LogP contribution in [0, 0.1) is 0 Å². The van der Waals surface area contributed by atoms with E-state index in [9.17, 15) is 15.0 Å². The molecule has 0 unspecified atom stereocenters. The van der Waals surface area contributed by atoms with Gasteiger partial charge in [0.25, 0.3) is 0 Å². The Balaban J connectivity index is 2.10. The number of phenols is 2. The fourth-order valence-corrected chi connectivity index (χ4v) is 4.01. The summed E-state index contributed by atoms with van der Waals surface area (Å²) in [4.78, 5) is 13.8. The highest BCUT2D eigenvalue weighted by atomic mass is 32.1. The second-order valence-electron chi connectivity index (χ2n) is 5.26. The fraction of sp³-hybridized carbons (Fsp3) is 0.0556. The van der Waals surface area contributed by atoms with Crippen LogP contribution in [-0.2, 0) is 0 Å². The minimum absolute atomic E-state index is 0.0436. The van der Waals surface area contributed by atoms with Crippen LogP contribution in [-0.4, -0.2) is 16.0 Å². The van der Waals surface area contributed by atoms with Gasteiger partial charge in [0.1, 0.15) is 11.5 Å². The number of hydrogen-bond acceptors (Lipinski definition) is 4. The first kappa shape index (κ1) is 13.1. The van der Waals surface area contributed by atoms with Crippen molar-refractivity contribution in [3.8, 4) is 11.5 Å². The second-order valence-corrected chi connectivity index (χ2v) is 6.24. The van der Waals surface area contributed by atoms with Crippen LogP contribution in [0.5, 0.6) is 11.5 Å². The largest absolute Gasteiger partial charge is 0.507 e. The van der Waals surface area contributed by atoms with Crippen LogP contribution in [0.25, 0.3) is 0 Å². The average molecular weight is 308 g/mol. The van der Waals surface area contributed by atoms with Gasteiger partial charge in [-0.05, 0) is 34.7 Å². The van der Waals surface area contributed by atoms with Gasteiger partial charge in [-0.15, -0.1) is 11.3 Å². The van der Waals surface area contributed by atoms with Gasteiger partial charge < -0.3 is 10.2 Å². The van der Waals surface area contributed by atoms with Gasteiger partial charge >= 0.3 is 0 Å². The van der Waals surface area contributed by atoms with Gasteiger partial charge in [0.15, 0.2) is 0 Å². The molecule has 0 saturated heterocycles. The van der Waals surface area contributed by atoms with Crippen molar-refractivity contribution in [1.29, 1.82) is 0 Å². The van der Waals surface area contributed by atoms with Crippen molar-refractivity contribution in [2.24, 2.45) is 0 Å². The number of thiophene rings is 1. The topological polar surface area (TPSA) is 57.5 Å². The van der Waals surface area contributed by atoms with E-state index in [1.54, 1.807) is 23.5 Å². The Hall–Kier alpha value is -2.59. The number of rotatable bonds is 1. The molecule has 0 atom stereocenters. The highest BCUT2D eigenvalue weighted by Gasteiger charge is 2.35. The highest BCUT2D eigenvalue weighted by Crippen LogP contribution is 2.46. The van der Waals surface area contributed by atoms with E-state index in [2.05, 4.69) is 0 Å². The summed E-state index contributed by atoms with van der Waals surface area (Å²) < 4.78 is 0. The van der Waals surface area contributed by atoms with E-state index in [1.807, 2.05) is 29.6 Å². The smallest absolute Gasteiger partial charge is 0.201 e. The van der Waals surface area contributed by atoms with Crippen molar-refractivity contribution in [1.82, 2.24) is 0 Å². The van der Waals surface area contributed by atoms with E-state index in [1.165, 1.54) is 12.1 Å². The molecule has 0 spiro atoms. The molecule has 3 nitrogen and oxygen atoms in total. The van der Waals surface area contributed by atoms with Crippen LogP contribution >= 0.6 is 11.3 Å². The maximum absolute atomic E-state index is 12.7. The van der Waals surface area contributed by atoms with Crippen molar-refractivity contribution in [3.63, 3.8) is 0 Å². The average Bonchev–Trinajstić information content (AvgIpc) is 3.01. The number of ketones is 1. The second kappa shape index (κ2) is 4.71. The molecule has 1 heterocycles. The van der Waals surface area contributed by atoms with Gasteiger partial charge in [-0.3, -0.25) is 4.79 Å². The van der Waals surface area contributed by atoms with Gasteiger partial charge in [0, 0.05) is 10.8 Å². The van der Waals surface area contributed by atoms with E-state index >= 15 is 0 Å². The molecule has 108 valence electrons. The third kappa shape index (κ3) is 1.71. The summed E-state index contributed by atoms with van der Waals surface area (Å²) in [5.41, 5.74) is 2.14. The lowest BCUT2D eigenvalue weighted by Crippen LogP contribution is -2.20. The number of fused-ring (bicyclic) bond motifs is 2. The Kier molecular flexibility index (Phi) is 2.81. The predicted octanol–water partition coefficient (Wildman–Crippen LogP) is 3.88. The van der Waals surface area contributed by atoms with Crippen molar-refractivity contribution in [2.75, 3.05) is 0 Å². The first-order valence-corrected chi connectivity index (χ1v) is 7.78. The Morgan fingerprint density at radius 3 is 1.91 bits per heavy atom. The SMILES string of the molecule is O=C1c2c(O)cccc2C(c2cccs2)c2cccc(O)c21. The van der Waals surface area contributed by atoms with E-state index in [0.717, 1.165) is 16.0 Å². The Morgan fingerprint density at radius 1 is 0.818 bits per heavy atom. The summed E-state index contributed by atoms with van der Waals surface area (Å²) in [5.74, 6) is -0.563. The maximum Gasteiger partial charge on any atom is 0.201 e.